The van der Waals surface area contributed by atoms with Crippen molar-refractivity contribution in [2.45, 2.75) is 37.8 Å². The first kappa shape index (κ1) is 20.8. The van der Waals surface area contributed by atoms with E-state index in [0.29, 0.717) is 6.54 Å². The van der Waals surface area contributed by atoms with Gasteiger partial charge in [-0.15, -0.1) is 0 Å². The lowest BCUT2D eigenvalue weighted by atomic mass is 9.76. The Balaban J connectivity index is 1.81. The number of carbonyl (C=O) groups is 2. The molecule has 4 N–H and O–H groups in total. The van der Waals surface area contributed by atoms with Gasteiger partial charge in [0.15, 0.2) is 0 Å². The standard InChI is InChI=1S/C23H26N2O4/c26-21(25-29)15-14-17-10-12-18(13-11-17)16-24-23(22(27)28,20-8-4-5-9-20)19-6-2-1-3-7-19/h1-3,6-7,10-15,20,24,29H,4-5,8-9,16H2,(H,25,26)(H,27,28)/t23-/m0/s1. The van der Waals surface area contributed by atoms with Gasteiger partial charge in [0.05, 0.1) is 0 Å². The van der Waals surface area contributed by atoms with Crippen LogP contribution in [-0.2, 0) is 21.7 Å². The first-order valence-corrected chi connectivity index (χ1v) is 9.81. The number of hydrogen-bond donors (Lipinski definition) is 4. The van der Waals surface area contributed by atoms with Gasteiger partial charge in [0, 0.05) is 12.6 Å². The molecule has 152 valence electrons. The first-order chi connectivity index (χ1) is 14.1. The third kappa shape index (κ3) is 4.72. The summed E-state index contributed by atoms with van der Waals surface area (Å²) >= 11 is 0. The third-order valence-electron chi connectivity index (χ3n) is 5.62. The first-order valence-electron chi connectivity index (χ1n) is 9.81. The Morgan fingerprint density at radius 2 is 1.69 bits per heavy atom. The molecule has 0 unspecified atom stereocenters. The van der Waals surface area contributed by atoms with Crippen molar-refractivity contribution < 1.29 is 19.9 Å². The summed E-state index contributed by atoms with van der Waals surface area (Å²) in [6.07, 6.45) is 6.72. The number of rotatable bonds is 8. The molecule has 6 nitrogen and oxygen atoms in total. The van der Waals surface area contributed by atoms with Crippen LogP contribution >= 0.6 is 0 Å². The molecular weight excluding hydrogens is 368 g/mol. The number of benzene rings is 2. The fourth-order valence-corrected chi connectivity index (χ4v) is 4.11. The van der Waals surface area contributed by atoms with Gasteiger partial charge in [-0.25, -0.2) is 10.3 Å². The lowest BCUT2D eigenvalue weighted by molar-refractivity contribution is -0.148. The second-order valence-corrected chi connectivity index (χ2v) is 7.37. The average molecular weight is 394 g/mol. The second kappa shape index (κ2) is 9.49. The molecule has 1 aliphatic carbocycles. The minimum absolute atomic E-state index is 0.0431. The molecule has 0 saturated heterocycles. The fraction of sp³-hybridized carbons (Fsp3) is 0.304. The Bertz CT molecular complexity index is 858. The summed E-state index contributed by atoms with van der Waals surface area (Å²) < 4.78 is 0. The molecule has 0 bridgehead atoms. The highest BCUT2D eigenvalue weighted by molar-refractivity contribution is 5.90. The van der Waals surface area contributed by atoms with E-state index < -0.39 is 17.4 Å². The number of hydrogen-bond acceptors (Lipinski definition) is 4. The van der Waals surface area contributed by atoms with Crippen molar-refractivity contribution in [2.75, 3.05) is 0 Å². The van der Waals surface area contributed by atoms with Gasteiger partial charge < -0.3 is 5.11 Å². The summed E-state index contributed by atoms with van der Waals surface area (Å²) in [5.41, 5.74) is 2.97. The van der Waals surface area contributed by atoms with Gasteiger partial charge in [-0.2, -0.15) is 0 Å². The van der Waals surface area contributed by atoms with Crippen LogP contribution in [0.5, 0.6) is 0 Å². The molecule has 1 fully saturated rings. The number of carboxylic acid groups (broad SMARTS) is 1. The Kier molecular flexibility index (Phi) is 6.80. The molecule has 6 heteroatoms. The SMILES string of the molecule is O=C(C=Cc1ccc(CN[C@@](C(=O)O)(c2ccccc2)C2CCCC2)cc1)NO. The molecule has 29 heavy (non-hydrogen) atoms. The number of amides is 1. The minimum Gasteiger partial charge on any atom is -0.480 e. The normalized spacial score (nSPS) is 16.6. The molecule has 0 spiro atoms. The molecule has 0 aliphatic heterocycles. The zero-order chi connectivity index (χ0) is 20.7. The number of carboxylic acids is 1. The quantitative estimate of drug-likeness (QED) is 0.312. The number of carbonyl (C=O) groups excluding carboxylic acids is 1. The zero-order valence-corrected chi connectivity index (χ0v) is 16.2. The van der Waals surface area contributed by atoms with Crippen LogP contribution in [0, 0.1) is 5.92 Å². The maximum absolute atomic E-state index is 12.5. The predicted molar refractivity (Wildman–Crippen MR) is 110 cm³/mol. The molecule has 0 aromatic heterocycles. The van der Waals surface area contributed by atoms with Crippen LogP contribution in [0.15, 0.2) is 60.7 Å². The van der Waals surface area contributed by atoms with Crippen LogP contribution in [0.3, 0.4) is 0 Å². The van der Waals surface area contributed by atoms with Gasteiger partial charge in [-0.1, -0.05) is 67.4 Å². The monoisotopic (exact) mass is 394 g/mol. The van der Waals surface area contributed by atoms with E-state index in [1.165, 1.54) is 6.08 Å². The highest BCUT2D eigenvalue weighted by atomic mass is 16.5. The van der Waals surface area contributed by atoms with E-state index in [2.05, 4.69) is 5.32 Å². The highest BCUT2D eigenvalue weighted by Gasteiger charge is 2.47. The Morgan fingerprint density at radius 1 is 1.03 bits per heavy atom. The maximum atomic E-state index is 12.5. The van der Waals surface area contributed by atoms with E-state index in [1.54, 1.807) is 11.6 Å². The van der Waals surface area contributed by atoms with Crippen molar-refractivity contribution in [3.8, 4) is 0 Å². The van der Waals surface area contributed by atoms with Gasteiger partial charge in [-0.3, -0.25) is 15.3 Å². The summed E-state index contributed by atoms with van der Waals surface area (Å²) in [5, 5.41) is 22.2. The van der Waals surface area contributed by atoms with Gasteiger partial charge in [0.2, 0.25) is 0 Å². The fourth-order valence-electron chi connectivity index (χ4n) is 4.11. The van der Waals surface area contributed by atoms with Crippen molar-refractivity contribution >= 4 is 18.0 Å². The van der Waals surface area contributed by atoms with Gasteiger partial charge in [0.1, 0.15) is 5.54 Å². The van der Waals surface area contributed by atoms with Crippen LogP contribution in [0.4, 0.5) is 0 Å². The van der Waals surface area contributed by atoms with Crippen molar-refractivity contribution in [1.29, 1.82) is 0 Å². The lowest BCUT2D eigenvalue weighted by Gasteiger charge is -2.37. The summed E-state index contributed by atoms with van der Waals surface area (Å²) in [4.78, 5) is 23.6. The summed E-state index contributed by atoms with van der Waals surface area (Å²) in [7, 11) is 0. The summed E-state index contributed by atoms with van der Waals surface area (Å²) in [6, 6.07) is 16.9. The highest BCUT2D eigenvalue weighted by Crippen LogP contribution is 2.41. The number of hydroxylamine groups is 1. The molecule has 1 atom stereocenters. The van der Waals surface area contributed by atoms with E-state index in [4.69, 9.17) is 5.21 Å². The van der Waals surface area contributed by atoms with Gasteiger partial charge >= 0.3 is 5.97 Å². The van der Waals surface area contributed by atoms with Crippen molar-refractivity contribution in [3.63, 3.8) is 0 Å². The van der Waals surface area contributed by atoms with E-state index in [9.17, 15) is 14.7 Å². The van der Waals surface area contributed by atoms with Crippen LogP contribution in [0.2, 0.25) is 0 Å². The van der Waals surface area contributed by atoms with Crippen LogP contribution in [-0.4, -0.2) is 22.2 Å². The maximum Gasteiger partial charge on any atom is 0.328 e. The average Bonchev–Trinajstić information content (AvgIpc) is 3.29. The largest absolute Gasteiger partial charge is 0.480 e. The predicted octanol–water partition coefficient (Wildman–Crippen LogP) is 3.47. The van der Waals surface area contributed by atoms with Crippen molar-refractivity contribution in [3.05, 3.63) is 77.4 Å². The van der Waals surface area contributed by atoms with Crippen LogP contribution in [0.1, 0.15) is 42.4 Å². The van der Waals surface area contributed by atoms with E-state index in [1.807, 2.05) is 54.6 Å². The van der Waals surface area contributed by atoms with E-state index in [0.717, 1.165) is 42.4 Å². The molecule has 1 amide bonds. The third-order valence-corrected chi connectivity index (χ3v) is 5.62. The smallest absolute Gasteiger partial charge is 0.328 e. The van der Waals surface area contributed by atoms with Crippen LogP contribution < -0.4 is 10.8 Å². The van der Waals surface area contributed by atoms with Crippen molar-refractivity contribution in [2.24, 2.45) is 5.92 Å². The molecule has 3 rings (SSSR count). The molecule has 1 aliphatic rings. The van der Waals surface area contributed by atoms with Crippen molar-refractivity contribution in [1.82, 2.24) is 10.8 Å². The lowest BCUT2D eigenvalue weighted by Crippen LogP contribution is -2.53. The minimum atomic E-state index is -1.12. The molecule has 2 aromatic rings. The molecular formula is C23H26N2O4. The molecule has 1 saturated carbocycles. The molecule has 0 heterocycles. The van der Waals surface area contributed by atoms with Crippen LogP contribution in [0.25, 0.3) is 6.08 Å². The Morgan fingerprint density at radius 3 is 2.28 bits per heavy atom. The Labute approximate surface area is 170 Å². The van der Waals surface area contributed by atoms with E-state index >= 15 is 0 Å². The number of nitrogens with one attached hydrogen (secondary N) is 2. The zero-order valence-electron chi connectivity index (χ0n) is 16.2. The van der Waals surface area contributed by atoms with E-state index in [-0.39, 0.29) is 5.92 Å². The molecule has 2 aromatic carbocycles. The van der Waals surface area contributed by atoms with Gasteiger partial charge in [0.25, 0.3) is 5.91 Å². The second-order valence-electron chi connectivity index (χ2n) is 7.37. The molecule has 0 radical (unpaired) electrons. The topological polar surface area (TPSA) is 98.7 Å². The van der Waals surface area contributed by atoms with Gasteiger partial charge in [-0.05, 0) is 41.5 Å². The summed E-state index contributed by atoms with van der Waals surface area (Å²) in [5.74, 6) is -1.40. The summed E-state index contributed by atoms with van der Waals surface area (Å²) in [6.45, 7) is 0.415. The number of aliphatic carboxylic acids is 1. The Hall–Kier alpha value is -2.96.